The predicted molar refractivity (Wildman–Crippen MR) is 85.4 cm³/mol. The molecule has 0 aliphatic rings. The normalized spacial score (nSPS) is 10.3. The Hall–Kier alpha value is -1.33. The molecule has 98 valence electrons. The van der Waals surface area contributed by atoms with Crippen LogP contribution in [0.5, 0.6) is 0 Å². The van der Waals surface area contributed by atoms with Crippen molar-refractivity contribution in [2.75, 3.05) is 17.7 Å². The van der Waals surface area contributed by atoms with Gasteiger partial charge in [0.2, 0.25) is 0 Å². The van der Waals surface area contributed by atoms with Gasteiger partial charge >= 0.3 is 0 Å². The average molecular weight is 384 g/mol. The highest BCUT2D eigenvalue weighted by atomic mass is 79.9. The van der Waals surface area contributed by atoms with E-state index in [2.05, 4.69) is 31.9 Å². The van der Waals surface area contributed by atoms with E-state index < -0.39 is 0 Å². The van der Waals surface area contributed by atoms with Crippen LogP contribution in [0.15, 0.2) is 51.4 Å². The largest absolute Gasteiger partial charge is 0.397 e. The van der Waals surface area contributed by atoms with Crippen LogP contribution in [0, 0.1) is 0 Å². The number of carbonyl (C=O) groups excluding carboxylic acids is 1. The topological polar surface area (TPSA) is 46.3 Å². The van der Waals surface area contributed by atoms with Crippen molar-refractivity contribution in [2.45, 2.75) is 0 Å². The molecule has 19 heavy (non-hydrogen) atoms. The van der Waals surface area contributed by atoms with Crippen molar-refractivity contribution in [1.82, 2.24) is 0 Å². The molecule has 0 heterocycles. The van der Waals surface area contributed by atoms with E-state index in [1.165, 1.54) is 0 Å². The van der Waals surface area contributed by atoms with Crippen LogP contribution in [-0.2, 0) is 0 Å². The maximum atomic E-state index is 12.5. The standard InChI is InChI=1S/C14H12Br2N2O/c1-18(10-5-3-2-4-6-10)14(19)11-7-9(15)8-12(16)13(11)17/h2-8H,17H2,1H3. The highest BCUT2D eigenvalue weighted by Crippen LogP contribution is 2.29. The van der Waals surface area contributed by atoms with Crippen molar-refractivity contribution in [3.8, 4) is 0 Å². The number of nitrogens with zero attached hydrogens (tertiary/aromatic N) is 1. The van der Waals surface area contributed by atoms with Gasteiger partial charge in [0.05, 0.1) is 11.3 Å². The van der Waals surface area contributed by atoms with E-state index in [1.807, 2.05) is 36.4 Å². The lowest BCUT2D eigenvalue weighted by molar-refractivity contribution is 0.0994. The van der Waals surface area contributed by atoms with Gasteiger partial charge in [0.15, 0.2) is 0 Å². The monoisotopic (exact) mass is 382 g/mol. The van der Waals surface area contributed by atoms with Gasteiger partial charge in [0, 0.05) is 21.7 Å². The zero-order valence-electron chi connectivity index (χ0n) is 10.2. The van der Waals surface area contributed by atoms with Crippen LogP contribution in [0.3, 0.4) is 0 Å². The summed E-state index contributed by atoms with van der Waals surface area (Å²) in [6.45, 7) is 0. The Morgan fingerprint density at radius 3 is 2.42 bits per heavy atom. The summed E-state index contributed by atoms with van der Waals surface area (Å²) in [4.78, 5) is 14.0. The predicted octanol–water partition coefficient (Wildman–Crippen LogP) is 4.07. The number of hydrogen-bond donors (Lipinski definition) is 1. The summed E-state index contributed by atoms with van der Waals surface area (Å²) in [7, 11) is 1.73. The number of carbonyl (C=O) groups is 1. The zero-order valence-corrected chi connectivity index (χ0v) is 13.4. The second-order valence-corrected chi connectivity index (χ2v) is 5.82. The number of benzene rings is 2. The van der Waals surface area contributed by atoms with Gasteiger partial charge in [-0.25, -0.2) is 0 Å². The van der Waals surface area contributed by atoms with Crippen molar-refractivity contribution in [3.05, 3.63) is 57.0 Å². The summed E-state index contributed by atoms with van der Waals surface area (Å²) >= 11 is 6.71. The highest BCUT2D eigenvalue weighted by molar-refractivity contribution is 9.11. The second kappa shape index (κ2) is 5.75. The van der Waals surface area contributed by atoms with Gasteiger partial charge in [0.25, 0.3) is 5.91 Å². The minimum absolute atomic E-state index is 0.147. The molecule has 1 amide bonds. The fraction of sp³-hybridized carbons (Fsp3) is 0.0714. The van der Waals surface area contributed by atoms with E-state index in [0.29, 0.717) is 15.7 Å². The lowest BCUT2D eigenvalue weighted by Gasteiger charge is -2.19. The van der Waals surface area contributed by atoms with Crippen LogP contribution in [-0.4, -0.2) is 13.0 Å². The summed E-state index contributed by atoms with van der Waals surface area (Å²) in [6.07, 6.45) is 0. The molecule has 0 aromatic heterocycles. The number of anilines is 2. The number of nitrogens with two attached hydrogens (primary N) is 1. The third-order valence-corrected chi connectivity index (χ3v) is 3.89. The maximum Gasteiger partial charge on any atom is 0.260 e. The molecule has 2 aromatic carbocycles. The zero-order chi connectivity index (χ0) is 14.0. The summed E-state index contributed by atoms with van der Waals surface area (Å²) in [6, 6.07) is 13.0. The van der Waals surface area contributed by atoms with Gasteiger partial charge in [-0.05, 0) is 40.2 Å². The van der Waals surface area contributed by atoms with E-state index in [4.69, 9.17) is 5.73 Å². The van der Waals surface area contributed by atoms with Crippen molar-refractivity contribution < 1.29 is 4.79 Å². The Morgan fingerprint density at radius 2 is 1.79 bits per heavy atom. The Kier molecular flexibility index (Phi) is 4.27. The van der Waals surface area contributed by atoms with E-state index >= 15 is 0 Å². The lowest BCUT2D eigenvalue weighted by atomic mass is 10.1. The highest BCUT2D eigenvalue weighted by Gasteiger charge is 2.18. The number of rotatable bonds is 2. The van der Waals surface area contributed by atoms with Crippen LogP contribution in [0.2, 0.25) is 0 Å². The molecule has 0 unspecified atom stereocenters. The molecular formula is C14H12Br2N2O. The number of halogens is 2. The molecule has 0 spiro atoms. The van der Waals surface area contributed by atoms with Crippen LogP contribution >= 0.6 is 31.9 Å². The SMILES string of the molecule is CN(C(=O)c1cc(Br)cc(Br)c1N)c1ccccc1. The first-order valence-electron chi connectivity index (χ1n) is 5.58. The average Bonchev–Trinajstić information content (AvgIpc) is 2.42. The molecule has 0 bridgehead atoms. The summed E-state index contributed by atoms with van der Waals surface area (Å²) in [5.74, 6) is -0.147. The Labute approximate surface area is 128 Å². The number of amides is 1. The van der Waals surface area contributed by atoms with Crippen molar-refractivity contribution >= 4 is 49.1 Å². The van der Waals surface area contributed by atoms with Gasteiger partial charge in [-0.2, -0.15) is 0 Å². The molecule has 0 radical (unpaired) electrons. The fourth-order valence-corrected chi connectivity index (χ4v) is 2.94. The minimum atomic E-state index is -0.147. The quantitative estimate of drug-likeness (QED) is 0.794. The van der Waals surface area contributed by atoms with E-state index in [0.717, 1.165) is 10.2 Å². The molecule has 0 aliphatic carbocycles. The summed E-state index contributed by atoms with van der Waals surface area (Å²) < 4.78 is 1.50. The number of hydrogen-bond acceptors (Lipinski definition) is 2. The third kappa shape index (κ3) is 2.98. The molecule has 5 heteroatoms. The van der Waals surface area contributed by atoms with Gasteiger partial charge in [-0.1, -0.05) is 34.1 Å². The van der Waals surface area contributed by atoms with E-state index in [9.17, 15) is 4.79 Å². The van der Waals surface area contributed by atoms with Crippen molar-refractivity contribution in [3.63, 3.8) is 0 Å². The molecule has 0 fully saturated rings. The molecule has 0 saturated carbocycles. The molecule has 2 rings (SSSR count). The van der Waals surface area contributed by atoms with Crippen LogP contribution < -0.4 is 10.6 Å². The molecular weight excluding hydrogens is 372 g/mol. The van der Waals surface area contributed by atoms with Gasteiger partial charge < -0.3 is 10.6 Å². The molecule has 0 aliphatic heterocycles. The molecule has 3 nitrogen and oxygen atoms in total. The minimum Gasteiger partial charge on any atom is -0.397 e. The number of para-hydroxylation sites is 1. The van der Waals surface area contributed by atoms with Crippen molar-refractivity contribution in [2.24, 2.45) is 0 Å². The molecule has 0 saturated heterocycles. The first kappa shape index (κ1) is 14.1. The molecule has 2 aromatic rings. The fourth-order valence-electron chi connectivity index (χ4n) is 1.71. The van der Waals surface area contributed by atoms with Gasteiger partial charge in [-0.3, -0.25) is 4.79 Å². The van der Waals surface area contributed by atoms with Crippen LogP contribution in [0.4, 0.5) is 11.4 Å². The van der Waals surface area contributed by atoms with E-state index in [1.54, 1.807) is 18.0 Å². The maximum absolute atomic E-state index is 12.5. The van der Waals surface area contributed by atoms with E-state index in [-0.39, 0.29) is 5.91 Å². The second-order valence-electron chi connectivity index (χ2n) is 4.05. The molecule has 0 atom stereocenters. The van der Waals surface area contributed by atoms with Crippen LogP contribution in [0.25, 0.3) is 0 Å². The van der Waals surface area contributed by atoms with Gasteiger partial charge in [-0.15, -0.1) is 0 Å². The first-order valence-corrected chi connectivity index (χ1v) is 7.17. The lowest BCUT2D eigenvalue weighted by Crippen LogP contribution is -2.27. The molecule has 2 N–H and O–H groups in total. The Balaban J connectivity index is 2.40. The summed E-state index contributed by atoms with van der Waals surface area (Å²) in [5, 5.41) is 0. The Bertz CT molecular complexity index is 614. The van der Waals surface area contributed by atoms with Crippen molar-refractivity contribution in [1.29, 1.82) is 0 Å². The smallest absolute Gasteiger partial charge is 0.260 e. The number of nitrogen functional groups attached to an aromatic ring is 1. The summed E-state index contributed by atoms with van der Waals surface area (Å²) in [5.41, 5.74) is 7.68. The van der Waals surface area contributed by atoms with Gasteiger partial charge in [0.1, 0.15) is 0 Å². The third-order valence-electron chi connectivity index (χ3n) is 2.77. The first-order chi connectivity index (χ1) is 9.00. The van der Waals surface area contributed by atoms with Crippen LogP contribution in [0.1, 0.15) is 10.4 Å². The Morgan fingerprint density at radius 1 is 1.16 bits per heavy atom.